The lowest BCUT2D eigenvalue weighted by atomic mass is 10.0. The fourth-order valence-electron chi connectivity index (χ4n) is 12.7. The quantitative estimate of drug-likeness (QED) is 0.0166. The minimum atomic E-state index is -1.92. The lowest BCUT2D eigenvalue weighted by molar-refractivity contribution is -0.144. The number of guanidine groups is 2. The van der Waals surface area contributed by atoms with Crippen molar-refractivity contribution in [1.82, 2.24) is 89.7 Å². The van der Waals surface area contributed by atoms with Crippen LogP contribution in [0.5, 0.6) is 5.75 Å². The Bertz CT molecular complexity index is 4110. The van der Waals surface area contributed by atoms with Gasteiger partial charge in [-0.1, -0.05) is 26.0 Å². The van der Waals surface area contributed by atoms with E-state index >= 15 is 9.59 Å². The van der Waals surface area contributed by atoms with Crippen LogP contribution in [0.2, 0.25) is 0 Å². The molecule has 2 aromatic rings. The molecule has 0 aliphatic carbocycles. The fourth-order valence-corrected chi connectivity index (χ4v) is 12.7. The van der Waals surface area contributed by atoms with Crippen LogP contribution in [0, 0.1) is 16.7 Å². The Labute approximate surface area is 748 Å². The number of aliphatic carboxylic acids is 5. The van der Waals surface area contributed by atoms with Crippen molar-refractivity contribution in [2.75, 3.05) is 32.7 Å². The van der Waals surface area contributed by atoms with Crippen LogP contribution in [0.1, 0.15) is 186 Å². The van der Waals surface area contributed by atoms with Gasteiger partial charge in [0.05, 0.1) is 18.1 Å². The molecule has 2 rings (SSSR count). The van der Waals surface area contributed by atoms with E-state index in [0.29, 0.717) is 12.8 Å². The van der Waals surface area contributed by atoms with E-state index in [2.05, 4.69) is 89.7 Å². The molecule has 51 heteroatoms. The van der Waals surface area contributed by atoms with Crippen molar-refractivity contribution in [1.29, 1.82) is 10.8 Å². The summed E-state index contributed by atoms with van der Waals surface area (Å²) in [7, 11) is 0. The summed E-state index contributed by atoms with van der Waals surface area (Å²) in [5.74, 6) is -23.8. The maximum Gasteiger partial charge on any atom is 0.326 e. The summed E-state index contributed by atoms with van der Waals surface area (Å²) >= 11 is 0. The highest BCUT2D eigenvalue weighted by molar-refractivity contribution is 6.01. The van der Waals surface area contributed by atoms with E-state index in [1.165, 1.54) is 43.7 Å². The number of rotatable bonds is 68. The summed E-state index contributed by atoms with van der Waals surface area (Å²) in [5, 5.41) is 110. The van der Waals surface area contributed by atoms with Gasteiger partial charge in [0.2, 0.25) is 82.7 Å². The first-order valence-electron chi connectivity index (χ1n) is 42.5. The van der Waals surface area contributed by atoms with Gasteiger partial charge in [0.15, 0.2) is 11.9 Å². The first-order valence-corrected chi connectivity index (χ1v) is 42.5. The normalized spacial score (nSPS) is 14.2. The lowest BCUT2D eigenvalue weighted by Gasteiger charge is -2.29. The van der Waals surface area contributed by atoms with E-state index in [1.54, 1.807) is 13.8 Å². The van der Waals surface area contributed by atoms with Crippen LogP contribution < -0.4 is 120 Å². The molecule has 726 valence electrons. The number of nitrogens with one attached hydrogen (secondary N) is 18. The second kappa shape index (κ2) is 61.1. The smallest absolute Gasteiger partial charge is 0.326 e. The van der Waals surface area contributed by atoms with Gasteiger partial charge in [0, 0.05) is 64.2 Å². The van der Waals surface area contributed by atoms with Gasteiger partial charge < -0.3 is 156 Å². The highest BCUT2D eigenvalue weighted by atomic mass is 16.4. The number of hydrogen-bond donors (Lipinski definition) is 31. The number of benzene rings is 1. The van der Waals surface area contributed by atoms with Crippen LogP contribution in [0.15, 0.2) is 36.8 Å². The molecule has 1 aromatic heterocycles. The molecule has 0 unspecified atom stereocenters. The van der Waals surface area contributed by atoms with E-state index in [-0.39, 0.29) is 139 Å². The number of carboxylic acids is 5. The number of phenolic OH excluding ortho intramolecular Hbond substituents is 1. The number of H-pyrrole nitrogens is 1. The Morgan fingerprint density at radius 2 is 0.662 bits per heavy atom. The maximum absolute atomic E-state index is 15.1. The monoisotopic (exact) mass is 1840 g/mol. The number of aromatic nitrogens is 2. The number of nitrogens with zero attached hydrogens (tertiary/aromatic N) is 1. The third kappa shape index (κ3) is 46.8. The summed E-state index contributed by atoms with van der Waals surface area (Å²) in [4.78, 5) is 265. The Balaban J connectivity index is 2.75. The molecule has 14 atom stereocenters. The van der Waals surface area contributed by atoms with Gasteiger partial charge in [-0.15, -0.1) is 0 Å². The maximum atomic E-state index is 15.1. The van der Waals surface area contributed by atoms with Crippen LogP contribution in [-0.2, 0) is 104 Å². The van der Waals surface area contributed by atoms with Gasteiger partial charge in [0.25, 0.3) is 0 Å². The number of unbranched alkanes of at least 4 members (excludes halogenated alkanes) is 3. The minimum absolute atomic E-state index is 0.0145. The van der Waals surface area contributed by atoms with Crippen molar-refractivity contribution >= 4 is 124 Å². The van der Waals surface area contributed by atoms with E-state index in [4.69, 9.17) is 56.1 Å². The number of carboxylic acid groups (broad SMARTS) is 5. The van der Waals surface area contributed by atoms with Crippen LogP contribution in [0.25, 0.3) is 0 Å². The zero-order chi connectivity index (χ0) is 97.7. The van der Waals surface area contributed by atoms with Gasteiger partial charge in [0.1, 0.15) is 84.3 Å². The SMILES string of the molecule is CC(C)C[C@H](NC(=O)[C@H](C)NC(=O)[C@H](CCCCN)NC(=O)[C@@H](N)CCC(=O)O)C(=O)N[C@@H](CCC(N)=O)C(=O)N[C@@H](CCC(=O)O)C(=O)N[C@@H](Cc1ccc(O)cc1)C(=O)N[C@@H](CCCNC(=N)N)C(=O)N[C@@H](CCCCN)C(=O)N[C@@H](CCCCN)C(=O)N[C@@H](Cc1c[nH]cn1)C(=O)N[C@@H](CCCNC(=N)N)C(=O)N[C@@H](CCC(=O)O)C(=O)N[C@@H](CCC(=O)O)C(=O)O. The third-order valence-electron chi connectivity index (χ3n) is 19.8. The molecule has 0 aliphatic heterocycles. The molecule has 0 radical (unpaired) electrons. The summed E-state index contributed by atoms with van der Waals surface area (Å²) in [5.41, 5.74) is 40.2. The molecule has 0 spiro atoms. The molecule has 130 heavy (non-hydrogen) atoms. The molecule has 1 aromatic carbocycles. The second-order valence-corrected chi connectivity index (χ2v) is 31.2. The molecule has 0 saturated carbocycles. The number of primary amides is 1. The molecule has 0 fully saturated rings. The molecule has 0 saturated heterocycles. The molecular weight excluding hydrogens is 1710 g/mol. The van der Waals surface area contributed by atoms with Crippen molar-refractivity contribution in [3.8, 4) is 5.75 Å². The van der Waals surface area contributed by atoms with Gasteiger partial charge in [-0.3, -0.25) is 97.1 Å². The Morgan fingerprint density at radius 3 is 1.00 bits per heavy atom. The fraction of sp³-hybridized carbons (Fsp3) is 0.620. The van der Waals surface area contributed by atoms with E-state index < -0.39 is 280 Å². The number of aromatic amines is 1. The van der Waals surface area contributed by atoms with E-state index in [9.17, 15) is 107 Å². The average molecular weight is 1840 g/mol. The van der Waals surface area contributed by atoms with Crippen LogP contribution in [0.4, 0.5) is 0 Å². The first kappa shape index (κ1) is 113. The zero-order valence-electron chi connectivity index (χ0n) is 73.0. The molecule has 38 N–H and O–H groups in total. The minimum Gasteiger partial charge on any atom is -0.508 e. The topological polar surface area (TPSA) is 885 Å². The van der Waals surface area contributed by atoms with E-state index in [1.807, 2.05) is 0 Å². The molecule has 51 nitrogen and oxygen atoms in total. The first-order chi connectivity index (χ1) is 61.4. The Morgan fingerprint density at radius 1 is 0.362 bits per heavy atom. The summed E-state index contributed by atoms with van der Waals surface area (Å²) in [6.07, 6.45) is -4.31. The molecule has 1 heterocycles. The van der Waals surface area contributed by atoms with Crippen molar-refractivity contribution < 1.29 is 122 Å². The lowest BCUT2D eigenvalue weighted by Crippen LogP contribution is -2.61. The number of hydrogen-bond acceptors (Lipinski definition) is 27. The largest absolute Gasteiger partial charge is 0.508 e. The molecule has 14 amide bonds. The average Bonchev–Trinajstić information content (AvgIpc) is 1.25. The highest BCUT2D eigenvalue weighted by Gasteiger charge is 2.39. The summed E-state index contributed by atoms with van der Waals surface area (Å²) in [6, 6.07) is -17.8. The van der Waals surface area contributed by atoms with Gasteiger partial charge in [-0.2, -0.15) is 0 Å². The van der Waals surface area contributed by atoms with Gasteiger partial charge >= 0.3 is 29.8 Å². The summed E-state index contributed by atoms with van der Waals surface area (Å²) < 4.78 is 0. The number of amides is 14. The summed E-state index contributed by atoms with van der Waals surface area (Å²) in [6.45, 7) is 4.79. The van der Waals surface area contributed by atoms with Gasteiger partial charge in [-0.05, 0) is 172 Å². The number of nitrogens with two attached hydrogens (primary N) is 7. The number of phenols is 1. The third-order valence-corrected chi connectivity index (χ3v) is 19.8. The Hall–Kier alpha value is -13.5. The molecule has 0 bridgehead atoms. The number of carbonyl (C=O) groups is 19. The second-order valence-electron chi connectivity index (χ2n) is 31.2. The van der Waals surface area contributed by atoms with Crippen LogP contribution in [0.3, 0.4) is 0 Å². The van der Waals surface area contributed by atoms with Crippen molar-refractivity contribution in [2.24, 2.45) is 46.1 Å². The predicted molar refractivity (Wildman–Crippen MR) is 463 cm³/mol. The molecule has 0 aliphatic rings. The predicted octanol–water partition coefficient (Wildman–Crippen LogP) is -7.68. The standard InChI is InChI=1S/C79H130N26O25/c1-41(2)36-56(103-64(116)42(3)93-66(118)47(12-4-7-31-80)94-65(117)46(83)21-27-60(108)109)74(126)101-52(22-26-59(84)107)71(123)100-54(24-29-62(112)113)73(125)104-57(37-43-17-19-45(106)20-18-43)75(127)97-50(15-10-34-90-78(85)86)68(120)95-48(13-5-8-32-81)67(119)96-49(14-6-9-33-82)70(122)105-58(38-44-39-89-40-92-44)76(128)98-51(16-11-35-91-79(87)88)69(121)99-53(23-28-61(110)111)72(124)102-55(77(129)130)25-30-63(114)115/h17-20,39-42,46-58,106H,4-16,21-38,80-83H2,1-3H3,(H2,84,107)(H,89,92)(H,93,118)(H,94,117)(H,95,120)(H,96,119)(H,97,127)(H,98,128)(H,99,121)(H,100,123)(H,101,126)(H,102,124)(H,103,116)(H,104,125)(H,105,122)(H,108,109)(H,110,111)(H,112,113)(H,114,115)(H,129,130)(H4,85,86,90)(H4,87,88,91)/t42-,46-,47-,48-,49-,50-,51-,52-,53-,54-,55-,56-,57-,58-/m0/s1. The number of carbonyl (C=O) groups excluding carboxylic acids is 14. The van der Waals surface area contributed by atoms with Crippen molar-refractivity contribution in [3.05, 3.63) is 48.0 Å². The number of imidazole rings is 1. The van der Waals surface area contributed by atoms with E-state index in [0.717, 1.165) is 0 Å². The van der Waals surface area contributed by atoms with Crippen LogP contribution >= 0.6 is 0 Å². The van der Waals surface area contributed by atoms with Crippen molar-refractivity contribution in [3.63, 3.8) is 0 Å². The number of aromatic hydroxyl groups is 1. The molecular formula is C79H130N26O25. The highest BCUT2D eigenvalue weighted by Crippen LogP contribution is 2.17. The Kier molecular flexibility index (Phi) is 52.9. The van der Waals surface area contributed by atoms with Crippen LogP contribution in [-0.4, -0.2) is 282 Å². The zero-order valence-corrected chi connectivity index (χ0v) is 73.0. The van der Waals surface area contributed by atoms with Gasteiger partial charge in [-0.25, -0.2) is 9.78 Å². The van der Waals surface area contributed by atoms with Crippen molar-refractivity contribution in [2.45, 2.75) is 272 Å².